The SMILES string of the molecule is O=C([O-])COCC(=O)NC12CC3CC(CC(C3)C1)C2.[Na+]. The number of carboxylic acid groups (broad SMARTS) is 1. The molecule has 0 aromatic carbocycles. The molecule has 4 saturated carbocycles. The fourth-order valence-electron chi connectivity index (χ4n) is 4.82. The Balaban J connectivity index is 0.00000147. The average Bonchev–Trinajstić information content (AvgIpc) is 2.25. The van der Waals surface area contributed by atoms with Crippen molar-refractivity contribution in [1.82, 2.24) is 5.32 Å². The van der Waals surface area contributed by atoms with Crippen molar-refractivity contribution in [2.75, 3.05) is 13.2 Å². The van der Waals surface area contributed by atoms with E-state index >= 15 is 0 Å². The molecule has 0 heterocycles. The van der Waals surface area contributed by atoms with Crippen molar-refractivity contribution in [1.29, 1.82) is 0 Å². The first kappa shape index (κ1) is 16.3. The van der Waals surface area contributed by atoms with E-state index in [1.165, 1.54) is 19.3 Å². The normalized spacial score (nSPS) is 37.3. The summed E-state index contributed by atoms with van der Waals surface area (Å²) in [5, 5.41) is 13.3. The van der Waals surface area contributed by atoms with Crippen LogP contribution in [0.15, 0.2) is 0 Å². The number of carbonyl (C=O) groups is 2. The van der Waals surface area contributed by atoms with E-state index < -0.39 is 12.6 Å². The summed E-state index contributed by atoms with van der Waals surface area (Å²) < 4.78 is 4.80. The quantitative estimate of drug-likeness (QED) is 0.542. The van der Waals surface area contributed by atoms with E-state index in [1.54, 1.807) is 0 Å². The first-order chi connectivity index (χ1) is 9.05. The molecule has 1 N–H and O–H groups in total. The van der Waals surface area contributed by atoms with Crippen LogP contribution in [0.4, 0.5) is 0 Å². The van der Waals surface area contributed by atoms with Gasteiger partial charge in [0.2, 0.25) is 5.91 Å². The van der Waals surface area contributed by atoms with Gasteiger partial charge in [-0.25, -0.2) is 0 Å². The summed E-state index contributed by atoms with van der Waals surface area (Å²) in [6.45, 7) is -0.704. The van der Waals surface area contributed by atoms with Gasteiger partial charge in [0.15, 0.2) is 0 Å². The molecule has 0 radical (unpaired) electrons. The van der Waals surface area contributed by atoms with Crippen LogP contribution in [0.25, 0.3) is 0 Å². The number of carbonyl (C=O) groups excluding carboxylic acids is 2. The second-order valence-corrected chi connectivity index (χ2v) is 6.61. The Bertz CT molecular complexity index is 363. The summed E-state index contributed by atoms with van der Waals surface area (Å²) in [7, 11) is 0. The van der Waals surface area contributed by atoms with Gasteiger partial charge >= 0.3 is 29.6 Å². The zero-order chi connectivity index (χ0) is 13.5. The molecule has 4 aliphatic carbocycles. The van der Waals surface area contributed by atoms with Gasteiger partial charge in [-0.15, -0.1) is 0 Å². The molecule has 6 heteroatoms. The molecule has 20 heavy (non-hydrogen) atoms. The molecule has 4 bridgehead atoms. The molecular weight excluding hydrogens is 269 g/mol. The molecule has 4 aliphatic rings. The first-order valence-electron chi connectivity index (χ1n) is 7.13. The third-order valence-corrected chi connectivity index (χ3v) is 4.90. The maximum absolute atomic E-state index is 11.9. The third kappa shape index (κ3) is 3.56. The second-order valence-electron chi connectivity index (χ2n) is 6.61. The van der Waals surface area contributed by atoms with Crippen molar-refractivity contribution in [3.63, 3.8) is 0 Å². The molecule has 0 saturated heterocycles. The number of aliphatic carboxylic acids is 1. The Labute approximate surface area is 141 Å². The largest absolute Gasteiger partial charge is 1.00 e. The van der Waals surface area contributed by atoms with Crippen LogP contribution in [0.2, 0.25) is 0 Å². The molecule has 0 atom stereocenters. The average molecular weight is 289 g/mol. The number of hydrogen-bond donors (Lipinski definition) is 1. The van der Waals surface area contributed by atoms with Gasteiger partial charge in [-0.2, -0.15) is 0 Å². The van der Waals surface area contributed by atoms with Crippen LogP contribution < -0.4 is 40.0 Å². The summed E-state index contributed by atoms with van der Waals surface area (Å²) in [5.41, 5.74) is -0.0311. The maximum atomic E-state index is 11.9. The van der Waals surface area contributed by atoms with Crippen molar-refractivity contribution in [3.8, 4) is 0 Å². The van der Waals surface area contributed by atoms with E-state index in [9.17, 15) is 14.7 Å². The Kier molecular flexibility index (Phi) is 5.16. The molecule has 106 valence electrons. The van der Waals surface area contributed by atoms with Crippen LogP contribution in [-0.2, 0) is 14.3 Å². The number of ether oxygens (including phenoxy) is 1. The molecule has 0 aromatic heterocycles. The van der Waals surface area contributed by atoms with Crippen LogP contribution in [0, 0.1) is 17.8 Å². The summed E-state index contributed by atoms with van der Waals surface area (Å²) >= 11 is 0. The molecular formula is C14H20NNaO4. The van der Waals surface area contributed by atoms with Crippen molar-refractivity contribution >= 4 is 11.9 Å². The summed E-state index contributed by atoms with van der Waals surface area (Å²) in [4.78, 5) is 22.1. The van der Waals surface area contributed by atoms with Crippen molar-refractivity contribution in [2.45, 2.75) is 44.1 Å². The summed E-state index contributed by atoms with van der Waals surface area (Å²) in [5.74, 6) is 0.841. The molecule has 4 rings (SSSR count). The minimum atomic E-state index is -1.29. The van der Waals surface area contributed by atoms with Gasteiger partial charge in [0, 0.05) is 5.54 Å². The number of nitrogens with one attached hydrogen (secondary N) is 1. The van der Waals surface area contributed by atoms with Gasteiger partial charge in [0.25, 0.3) is 0 Å². The molecule has 5 nitrogen and oxygen atoms in total. The molecule has 0 spiro atoms. The van der Waals surface area contributed by atoms with Crippen molar-refractivity contribution < 1.29 is 49.0 Å². The topological polar surface area (TPSA) is 78.5 Å². The van der Waals surface area contributed by atoms with E-state index in [1.807, 2.05) is 0 Å². The van der Waals surface area contributed by atoms with E-state index in [2.05, 4.69) is 5.32 Å². The van der Waals surface area contributed by atoms with Crippen LogP contribution in [-0.4, -0.2) is 30.6 Å². The predicted molar refractivity (Wildman–Crippen MR) is 64.9 cm³/mol. The van der Waals surface area contributed by atoms with Gasteiger partial charge in [0.1, 0.15) is 6.61 Å². The number of amides is 1. The smallest absolute Gasteiger partial charge is 0.548 e. The minimum absolute atomic E-state index is 0. The molecule has 0 aliphatic heterocycles. The van der Waals surface area contributed by atoms with Crippen LogP contribution in [0.1, 0.15) is 38.5 Å². The van der Waals surface area contributed by atoms with Gasteiger partial charge in [-0.05, 0) is 56.3 Å². The van der Waals surface area contributed by atoms with Gasteiger partial charge in [-0.1, -0.05) is 0 Å². The fraction of sp³-hybridized carbons (Fsp3) is 0.857. The Morgan fingerprint density at radius 2 is 1.55 bits per heavy atom. The Hall–Kier alpha value is -0.100. The zero-order valence-corrected chi connectivity index (χ0v) is 14.0. The van der Waals surface area contributed by atoms with E-state index in [0.29, 0.717) is 0 Å². The Morgan fingerprint density at radius 3 is 2.00 bits per heavy atom. The van der Waals surface area contributed by atoms with Crippen LogP contribution in [0.5, 0.6) is 0 Å². The molecule has 4 fully saturated rings. The van der Waals surface area contributed by atoms with Gasteiger partial charge in [0.05, 0.1) is 12.6 Å². The Morgan fingerprint density at radius 1 is 1.05 bits per heavy atom. The van der Waals surface area contributed by atoms with Crippen molar-refractivity contribution in [3.05, 3.63) is 0 Å². The standard InChI is InChI=1S/C14H21NO4.Na/c16-12(7-19-8-13(17)18)15-14-4-9-1-10(5-14)3-11(2-9)6-14;/h9-11H,1-8H2,(H,15,16)(H,17,18);/q;+1/p-1. The summed E-state index contributed by atoms with van der Waals surface area (Å²) in [6.07, 6.45) is 7.25. The molecule has 0 aromatic rings. The second kappa shape index (κ2) is 6.34. The minimum Gasteiger partial charge on any atom is -0.548 e. The van der Waals surface area contributed by atoms with E-state index in [4.69, 9.17) is 4.74 Å². The van der Waals surface area contributed by atoms with Crippen LogP contribution >= 0.6 is 0 Å². The summed E-state index contributed by atoms with van der Waals surface area (Å²) in [6, 6.07) is 0. The maximum Gasteiger partial charge on any atom is 1.00 e. The van der Waals surface area contributed by atoms with Gasteiger partial charge in [-0.3, -0.25) is 4.79 Å². The van der Waals surface area contributed by atoms with Crippen LogP contribution in [0.3, 0.4) is 0 Å². The van der Waals surface area contributed by atoms with Crippen molar-refractivity contribution in [2.24, 2.45) is 17.8 Å². The van der Waals surface area contributed by atoms with E-state index in [0.717, 1.165) is 37.0 Å². The van der Waals surface area contributed by atoms with Gasteiger partial charge < -0.3 is 20.0 Å². The molecule has 0 unspecified atom stereocenters. The first-order valence-corrected chi connectivity index (χ1v) is 7.13. The molecule has 1 amide bonds. The number of rotatable bonds is 5. The van der Waals surface area contributed by atoms with E-state index in [-0.39, 0.29) is 47.6 Å². The monoisotopic (exact) mass is 289 g/mol. The fourth-order valence-corrected chi connectivity index (χ4v) is 4.82. The number of carboxylic acids is 1. The predicted octanol–water partition coefficient (Wildman–Crippen LogP) is -3.16. The number of hydrogen-bond acceptors (Lipinski definition) is 4. The zero-order valence-electron chi connectivity index (χ0n) is 12.0. The third-order valence-electron chi connectivity index (χ3n) is 4.90.